The van der Waals surface area contributed by atoms with E-state index in [1.54, 1.807) is 0 Å². The van der Waals surface area contributed by atoms with Crippen molar-refractivity contribution in [1.82, 2.24) is 0 Å². The molecule has 0 aliphatic carbocycles. The standard InChI is InChI=1S/C45H82O6/c1-4-7-10-13-16-19-22-24-26-29-32-35-38-44(47)50-41-42(40-49-43(46)37-34-31-28-25-21-18-15-12-9-6-3)51-45(48)39-36-33-30-27-23-20-17-14-11-8-5-2/h14,16-17,19,42H,4-13,15,18,20-41H2,1-3H3/b17-14-,19-16-/t42-/m1/s1. The fraction of sp³-hybridized carbons (Fsp3) is 0.844. The van der Waals surface area contributed by atoms with Gasteiger partial charge in [0.05, 0.1) is 0 Å². The van der Waals surface area contributed by atoms with Crippen LogP contribution in [0.5, 0.6) is 0 Å². The highest BCUT2D eigenvalue weighted by atomic mass is 16.6. The van der Waals surface area contributed by atoms with Crippen LogP contribution < -0.4 is 0 Å². The summed E-state index contributed by atoms with van der Waals surface area (Å²) in [6.07, 6.45) is 43.0. The highest BCUT2D eigenvalue weighted by Gasteiger charge is 2.19. The summed E-state index contributed by atoms with van der Waals surface area (Å²) in [4.78, 5) is 37.6. The lowest BCUT2D eigenvalue weighted by atomic mass is 10.1. The Labute approximate surface area is 315 Å². The molecule has 0 radical (unpaired) electrons. The van der Waals surface area contributed by atoms with Gasteiger partial charge < -0.3 is 14.2 Å². The molecule has 0 unspecified atom stereocenters. The Hall–Kier alpha value is -2.11. The summed E-state index contributed by atoms with van der Waals surface area (Å²) in [6.45, 7) is 6.54. The van der Waals surface area contributed by atoms with Crippen molar-refractivity contribution in [3.63, 3.8) is 0 Å². The van der Waals surface area contributed by atoms with Gasteiger partial charge in [0.2, 0.25) is 0 Å². The number of carbonyl (C=O) groups excluding carboxylic acids is 3. The van der Waals surface area contributed by atoms with Crippen LogP contribution in [0.15, 0.2) is 24.3 Å². The maximum absolute atomic E-state index is 12.7. The van der Waals surface area contributed by atoms with Crippen molar-refractivity contribution in [3.8, 4) is 0 Å². The first kappa shape index (κ1) is 48.9. The lowest BCUT2D eigenvalue weighted by Gasteiger charge is -2.18. The van der Waals surface area contributed by atoms with Gasteiger partial charge in [-0.3, -0.25) is 14.4 Å². The molecule has 0 aromatic heterocycles. The van der Waals surface area contributed by atoms with Gasteiger partial charge >= 0.3 is 17.9 Å². The number of allylic oxidation sites excluding steroid dienone is 4. The highest BCUT2D eigenvalue weighted by Crippen LogP contribution is 2.14. The van der Waals surface area contributed by atoms with E-state index in [-0.39, 0.29) is 31.1 Å². The molecular weight excluding hydrogens is 636 g/mol. The normalized spacial score (nSPS) is 12.1. The number of carbonyl (C=O) groups is 3. The molecule has 0 rings (SSSR count). The van der Waals surface area contributed by atoms with Crippen LogP contribution in [0, 0.1) is 0 Å². The molecule has 0 aliphatic heterocycles. The van der Waals surface area contributed by atoms with E-state index in [1.165, 1.54) is 109 Å². The Morgan fingerprint density at radius 3 is 1.08 bits per heavy atom. The van der Waals surface area contributed by atoms with E-state index in [0.717, 1.165) is 77.0 Å². The van der Waals surface area contributed by atoms with E-state index in [0.29, 0.717) is 19.3 Å². The molecule has 0 aliphatic rings. The Bertz CT molecular complexity index is 835. The third-order valence-corrected chi connectivity index (χ3v) is 9.43. The fourth-order valence-corrected chi connectivity index (χ4v) is 6.06. The third-order valence-electron chi connectivity index (χ3n) is 9.43. The molecule has 0 aromatic rings. The quantitative estimate of drug-likeness (QED) is 0.0272. The Morgan fingerprint density at radius 2 is 0.667 bits per heavy atom. The van der Waals surface area contributed by atoms with Crippen LogP contribution in [-0.4, -0.2) is 37.2 Å². The van der Waals surface area contributed by atoms with Crippen LogP contribution >= 0.6 is 0 Å². The number of ether oxygens (including phenoxy) is 3. The van der Waals surface area contributed by atoms with Crippen molar-refractivity contribution in [1.29, 1.82) is 0 Å². The van der Waals surface area contributed by atoms with Gasteiger partial charge in [-0.1, -0.05) is 167 Å². The van der Waals surface area contributed by atoms with Crippen LogP contribution in [0.25, 0.3) is 0 Å². The van der Waals surface area contributed by atoms with Crippen molar-refractivity contribution in [3.05, 3.63) is 24.3 Å². The highest BCUT2D eigenvalue weighted by molar-refractivity contribution is 5.71. The molecule has 0 amide bonds. The molecule has 6 heteroatoms. The maximum Gasteiger partial charge on any atom is 0.306 e. The van der Waals surface area contributed by atoms with Crippen LogP contribution in [0.3, 0.4) is 0 Å². The van der Waals surface area contributed by atoms with Crippen LogP contribution in [0.2, 0.25) is 0 Å². The van der Waals surface area contributed by atoms with Crippen LogP contribution in [-0.2, 0) is 28.6 Å². The molecule has 0 bridgehead atoms. The van der Waals surface area contributed by atoms with E-state index in [4.69, 9.17) is 14.2 Å². The smallest absolute Gasteiger partial charge is 0.306 e. The molecule has 51 heavy (non-hydrogen) atoms. The summed E-state index contributed by atoms with van der Waals surface area (Å²) in [5.41, 5.74) is 0. The minimum Gasteiger partial charge on any atom is -0.462 e. The largest absolute Gasteiger partial charge is 0.462 e. The molecule has 0 saturated carbocycles. The van der Waals surface area contributed by atoms with Gasteiger partial charge in [0, 0.05) is 19.3 Å². The van der Waals surface area contributed by atoms with Crippen molar-refractivity contribution >= 4 is 17.9 Å². The number of esters is 3. The fourth-order valence-electron chi connectivity index (χ4n) is 6.06. The second-order valence-corrected chi connectivity index (χ2v) is 14.6. The van der Waals surface area contributed by atoms with Crippen LogP contribution in [0.1, 0.15) is 226 Å². The SMILES string of the molecule is CCCC/C=C\CCCCCCCC(=O)O[C@@H](COC(=O)CCCCCCC/C=C\CCCCC)COC(=O)CCCCCCCCCCCC. The first-order valence-corrected chi connectivity index (χ1v) is 21.8. The van der Waals surface area contributed by atoms with Crippen molar-refractivity contribution in [2.45, 2.75) is 232 Å². The molecule has 0 spiro atoms. The minimum absolute atomic E-state index is 0.0750. The van der Waals surface area contributed by atoms with Gasteiger partial charge in [-0.05, 0) is 64.2 Å². The van der Waals surface area contributed by atoms with Crippen LogP contribution in [0.4, 0.5) is 0 Å². The molecular formula is C45H82O6. The van der Waals surface area contributed by atoms with Gasteiger partial charge in [0.15, 0.2) is 6.10 Å². The maximum atomic E-state index is 12.7. The zero-order valence-corrected chi connectivity index (χ0v) is 33.9. The summed E-state index contributed by atoms with van der Waals surface area (Å²) in [5.74, 6) is -0.895. The second-order valence-electron chi connectivity index (χ2n) is 14.6. The molecule has 298 valence electrons. The third kappa shape index (κ3) is 38.9. The number of hydrogen-bond acceptors (Lipinski definition) is 6. The summed E-state index contributed by atoms with van der Waals surface area (Å²) >= 11 is 0. The van der Waals surface area contributed by atoms with Crippen molar-refractivity contribution < 1.29 is 28.6 Å². The number of unbranched alkanes of at least 4 members (excludes halogenated alkanes) is 24. The van der Waals surface area contributed by atoms with Gasteiger partial charge in [-0.2, -0.15) is 0 Å². The van der Waals surface area contributed by atoms with E-state index in [2.05, 4.69) is 45.1 Å². The van der Waals surface area contributed by atoms with E-state index in [1.807, 2.05) is 0 Å². The van der Waals surface area contributed by atoms with E-state index >= 15 is 0 Å². The molecule has 0 saturated heterocycles. The van der Waals surface area contributed by atoms with Gasteiger partial charge in [-0.15, -0.1) is 0 Å². The Kier molecular flexibility index (Phi) is 39.0. The van der Waals surface area contributed by atoms with E-state index < -0.39 is 6.10 Å². The van der Waals surface area contributed by atoms with Crippen molar-refractivity contribution in [2.75, 3.05) is 13.2 Å². The zero-order valence-electron chi connectivity index (χ0n) is 33.9. The van der Waals surface area contributed by atoms with Gasteiger partial charge in [0.1, 0.15) is 13.2 Å². The summed E-state index contributed by atoms with van der Waals surface area (Å²) in [6, 6.07) is 0. The monoisotopic (exact) mass is 719 g/mol. The molecule has 6 nitrogen and oxygen atoms in total. The molecule has 0 N–H and O–H groups in total. The van der Waals surface area contributed by atoms with Gasteiger partial charge in [-0.25, -0.2) is 0 Å². The average Bonchev–Trinajstić information content (AvgIpc) is 3.12. The molecule has 0 fully saturated rings. The molecule has 1 atom stereocenters. The van der Waals surface area contributed by atoms with Gasteiger partial charge in [0.25, 0.3) is 0 Å². The lowest BCUT2D eigenvalue weighted by molar-refractivity contribution is -0.167. The number of rotatable bonds is 39. The van der Waals surface area contributed by atoms with Crippen molar-refractivity contribution in [2.24, 2.45) is 0 Å². The lowest BCUT2D eigenvalue weighted by Crippen LogP contribution is -2.30. The minimum atomic E-state index is -0.771. The average molecular weight is 719 g/mol. The molecule has 0 aromatic carbocycles. The number of hydrogen-bond donors (Lipinski definition) is 0. The predicted molar refractivity (Wildman–Crippen MR) is 215 cm³/mol. The summed E-state index contributed by atoms with van der Waals surface area (Å²) < 4.78 is 16.6. The Morgan fingerprint density at radius 1 is 0.373 bits per heavy atom. The first-order chi connectivity index (χ1) is 25.0. The zero-order chi connectivity index (χ0) is 37.3. The first-order valence-electron chi connectivity index (χ1n) is 21.8. The summed E-state index contributed by atoms with van der Waals surface area (Å²) in [7, 11) is 0. The second kappa shape index (κ2) is 40.7. The Balaban J connectivity index is 4.38. The van der Waals surface area contributed by atoms with E-state index in [9.17, 15) is 14.4 Å². The summed E-state index contributed by atoms with van der Waals surface area (Å²) in [5, 5.41) is 0. The topological polar surface area (TPSA) is 78.9 Å². The molecule has 0 heterocycles. The predicted octanol–water partition coefficient (Wildman–Crippen LogP) is 13.6.